The number of nitrogens with zero attached hydrogens (tertiary/aromatic N) is 1. The molecule has 4 aromatic carbocycles. The lowest BCUT2D eigenvalue weighted by atomic mass is 9.98. The first-order valence-corrected chi connectivity index (χ1v) is 17.1. The predicted octanol–water partition coefficient (Wildman–Crippen LogP) is 5.79. The summed E-state index contributed by atoms with van der Waals surface area (Å²) < 4.78 is 13.0. The summed E-state index contributed by atoms with van der Waals surface area (Å²) in [6, 6.07) is 32.1. The molecule has 10 nitrogen and oxygen atoms in total. The molecule has 4 aromatic rings. The predicted molar refractivity (Wildman–Crippen MR) is 194 cm³/mol. The third-order valence-corrected chi connectivity index (χ3v) is 9.18. The number of aliphatic hydroxyl groups is 2. The number of anilines is 2. The number of aliphatic hydroxyl groups excluding tert-OH is 2. The maximum absolute atomic E-state index is 12.5. The fraction of sp³-hybridized carbons (Fsp3) is 0.350. The van der Waals surface area contributed by atoms with Gasteiger partial charge in [-0.3, -0.25) is 14.5 Å². The molecule has 1 aliphatic rings. The molecule has 0 unspecified atom stereocenters. The van der Waals surface area contributed by atoms with E-state index < -0.39 is 12.4 Å². The van der Waals surface area contributed by atoms with Crippen LogP contribution in [0.3, 0.4) is 0 Å². The Labute approximate surface area is 294 Å². The zero-order valence-electron chi connectivity index (χ0n) is 28.7. The van der Waals surface area contributed by atoms with Crippen LogP contribution in [0, 0.1) is 0 Å². The monoisotopic (exact) mass is 680 g/mol. The van der Waals surface area contributed by atoms with Gasteiger partial charge in [0.15, 0.2) is 6.29 Å². The van der Waals surface area contributed by atoms with Gasteiger partial charge in [-0.15, -0.1) is 0 Å². The lowest BCUT2D eigenvalue weighted by Crippen LogP contribution is -2.43. The van der Waals surface area contributed by atoms with Crippen molar-refractivity contribution in [2.24, 2.45) is 0 Å². The summed E-state index contributed by atoms with van der Waals surface area (Å²) in [6.45, 7) is 2.92. The third kappa shape index (κ3) is 10.2. The number of nitrogen functional groups attached to an aromatic ring is 1. The number of carbonyl (C=O) groups is 2. The number of likely N-dealkylation sites (N-methyl/N-ethyl adjacent to an activating group) is 1. The van der Waals surface area contributed by atoms with E-state index in [4.69, 9.17) is 15.2 Å². The van der Waals surface area contributed by atoms with E-state index in [1.54, 1.807) is 24.3 Å². The fourth-order valence-electron chi connectivity index (χ4n) is 6.00. The summed E-state index contributed by atoms with van der Waals surface area (Å²) in [7, 11) is 1.99. The number of hydrogen-bond donors (Lipinski definition) is 5. The average Bonchev–Trinajstić information content (AvgIpc) is 3.14. The van der Waals surface area contributed by atoms with E-state index in [0.29, 0.717) is 37.3 Å². The zero-order chi connectivity index (χ0) is 35.5. The summed E-state index contributed by atoms with van der Waals surface area (Å²) in [6.07, 6.45) is -0.197. The van der Waals surface area contributed by atoms with Crippen LogP contribution in [0.5, 0.6) is 0 Å². The van der Waals surface area contributed by atoms with Crippen LogP contribution in [0.25, 0.3) is 0 Å². The van der Waals surface area contributed by atoms with Gasteiger partial charge in [0.25, 0.3) is 0 Å². The van der Waals surface area contributed by atoms with E-state index in [1.807, 2.05) is 92.8 Å². The van der Waals surface area contributed by atoms with Gasteiger partial charge in [0.1, 0.15) is 0 Å². The van der Waals surface area contributed by atoms with Gasteiger partial charge in [0, 0.05) is 44.0 Å². The average molecular weight is 681 g/mol. The molecule has 1 aliphatic heterocycles. The third-order valence-electron chi connectivity index (χ3n) is 9.18. The van der Waals surface area contributed by atoms with Gasteiger partial charge < -0.3 is 36.1 Å². The molecule has 0 bridgehead atoms. The quantitative estimate of drug-likeness (QED) is 0.0993. The topological polar surface area (TPSA) is 146 Å². The maximum Gasteiger partial charge on any atom is 0.224 e. The molecule has 50 heavy (non-hydrogen) atoms. The molecule has 5 atom stereocenters. The molecule has 0 aliphatic carbocycles. The van der Waals surface area contributed by atoms with Crippen molar-refractivity contribution in [1.29, 1.82) is 0 Å². The normalized spacial score (nSPS) is 18.7. The first-order chi connectivity index (χ1) is 24.2. The Morgan fingerprint density at radius 1 is 0.860 bits per heavy atom. The summed E-state index contributed by atoms with van der Waals surface area (Å²) in [5.41, 5.74) is 11.4. The minimum atomic E-state index is -0.647. The van der Waals surface area contributed by atoms with Crippen molar-refractivity contribution >= 4 is 23.2 Å². The zero-order valence-corrected chi connectivity index (χ0v) is 28.7. The number of carbonyl (C=O) groups excluding carboxylic acids is 2. The molecule has 10 heteroatoms. The Balaban J connectivity index is 1.16. The SMILES string of the molecule is C[C@@H]([C@H](O)c1ccccc1)N(C)C[C@@H]1C[C@H](c2ccc(CO)cc2)O[C@H](c2ccc(CNC(=O)CCCC(=O)Nc3ccccc3N)cc2)O1. The van der Waals surface area contributed by atoms with E-state index in [-0.39, 0.29) is 49.5 Å². The van der Waals surface area contributed by atoms with E-state index in [2.05, 4.69) is 15.5 Å². The van der Waals surface area contributed by atoms with Gasteiger partial charge >= 0.3 is 0 Å². The summed E-state index contributed by atoms with van der Waals surface area (Å²) >= 11 is 0. The molecular formula is C40H48N4O6. The number of ether oxygens (including phenoxy) is 2. The van der Waals surface area contributed by atoms with E-state index in [1.165, 1.54) is 0 Å². The molecule has 1 fully saturated rings. The second-order valence-corrected chi connectivity index (χ2v) is 12.9. The van der Waals surface area contributed by atoms with Crippen LogP contribution in [0.1, 0.15) is 78.9 Å². The second kappa shape index (κ2) is 17.9. The van der Waals surface area contributed by atoms with Crippen LogP contribution >= 0.6 is 0 Å². The maximum atomic E-state index is 12.5. The van der Waals surface area contributed by atoms with Crippen LogP contribution in [-0.2, 0) is 32.2 Å². The van der Waals surface area contributed by atoms with Crippen LogP contribution in [0.4, 0.5) is 11.4 Å². The Bertz CT molecular complexity index is 1670. The van der Waals surface area contributed by atoms with Crippen molar-refractivity contribution in [2.75, 3.05) is 24.6 Å². The molecule has 6 N–H and O–H groups in total. The summed E-state index contributed by atoms with van der Waals surface area (Å²) in [5.74, 6) is -0.315. The number of rotatable bonds is 15. The number of hydrogen-bond acceptors (Lipinski definition) is 8. The molecule has 2 amide bonds. The number of benzene rings is 4. The molecule has 264 valence electrons. The fourth-order valence-corrected chi connectivity index (χ4v) is 6.00. The van der Waals surface area contributed by atoms with Crippen LogP contribution in [0.2, 0.25) is 0 Å². The lowest BCUT2D eigenvalue weighted by Gasteiger charge is -2.39. The summed E-state index contributed by atoms with van der Waals surface area (Å²) in [5, 5.41) is 26.3. The van der Waals surface area contributed by atoms with Crippen molar-refractivity contribution in [3.63, 3.8) is 0 Å². The van der Waals surface area contributed by atoms with Gasteiger partial charge in [-0.1, -0.05) is 91.0 Å². The van der Waals surface area contributed by atoms with E-state index >= 15 is 0 Å². The van der Waals surface area contributed by atoms with Gasteiger partial charge in [-0.2, -0.15) is 0 Å². The van der Waals surface area contributed by atoms with Gasteiger partial charge in [0.05, 0.1) is 36.3 Å². The largest absolute Gasteiger partial charge is 0.397 e. The summed E-state index contributed by atoms with van der Waals surface area (Å²) in [4.78, 5) is 26.9. The number of nitrogens with two attached hydrogens (primary N) is 1. The number of amides is 2. The smallest absolute Gasteiger partial charge is 0.224 e. The minimum absolute atomic E-state index is 0.0266. The van der Waals surface area contributed by atoms with E-state index in [0.717, 1.165) is 27.8 Å². The molecule has 0 aromatic heterocycles. The number of para-hydroxylation sites is 2. The van der Waals surface area contributed by atoms with Crippen LogP contribution in [-0.4, -0.2) is 52.7 Å². The number of nitrogens with one attached hydrogen (secondary N) is 2. The molecule has 1 heterocycles. The van der Waals surface area contributed by atoms with Gasteiger partial charge in [-0.25, -0.2) is 0 Å². The molecule has 1 saturated heterocycles. The molecule has 5 rings (SSSR count). The van der Waals surface area contributed by atoms with Crippen molar-refractivity contribution in [3.8, 4) is 0 Å². The Morgan fingerprint density at radius 2 is 1.50 bits per heavy atom. The van der Waals surface area contributed by atoms with Gasteiger partial charge in [-0.05, 0) is 54.8 Å². The first kappa shape index (κ1) is 36.7. The van der Waals surface area contributed by atoms with Crippen molar-refractivity contribution in [1.82, 2.24) is 10.2 Å². The highest BCUT2D eigenvalue weighted by molar-refractivity contribution is 5.93. The lowest BCUT2D eigenvalue weighted by molar-refractivity contribution is -0.253. The van der Waals surface area contributed by atoms with Crippen LogP contribution in [0.15, 0.2) is 103 Å². The highest BCUT2D eigenvalue weighted by Crippen LogP contribution is 2.38. The highest BCUT2D eigenvalue weighted by atomic mass is 16.7. The molecule has 0 spiro atoms. The van der Waals surface area contributed by atoms with Crippen LogP contribution < -0.4 is 16.4 Å². The van der Waals surface area contributed by atoms with E-state index in [9.17, 15) is 19.8 Å². The Morgan fingerprint density at radius 3 is 2.20 bits per heavy atom. The Kier molecular flexibility index (Phi) is 13.1. The highest BCUT2D eigenvalue weighted by Gasteiger charge is 2.34. The molecule has 0 radical (unpaired) electrons. The standard InChI is InChI=1S/C40H48N4O6/c1-27(39(48)31-9-4-3-5-10-31)44(2)25-33-23-36(30-19-17-29(26-45)18-20-30)50-40(49-33)32-21-15-28(16-22-32)24-42-37(46)13-8-14-38(47)43-35-12-7-6-11-34(35)41/h3-7,9-12,15-22,27,33,36,39-40,45,48H,8,13-14,23-26,41H2,1-2H3,(H,42,46)(H,43,47)/t27-,33-,36+,39-,40+/m0/s1. The van der Waals surface area contributed by atoms with Crippen molar-refractivity contribution in [3.05, 3.63) is 131 Å². The first-order valence-electron chi connectivity index (χ1n) is 17.1. The van der Waals surface area contributed by atoms with Gasteiger partial charge in [0.2, 0.25) is 11.8 Å². The second-order valence-electron chi connectivity index (χ2n) is 12.9. The van der Waals surface area contributed by atoms with Crippen molar-refractivity contribution < 1.29 is 29.3 Å². The molecule has 0 saturated carbocycles. The Hall–Kier alpha value is -4.58. The minimum Gasteiger partial charge on any atom is -0.397 e. The van der Waals surface area contributed by atoms with Crippen molar-refractivity contribution in [2.45, 2.75) is 76.4 Å². The molecular weight excluding hydrogens is 632 g/mol.